The van der Waals surface area contributed by atoms with Gasteiger partial charge in [-0.25, -0.2) is 0 Å². The Morgan fingerprint density at radius 2 is 1.91 bits per heavy atom. The highest BCUT2D eigenvalue weighted by molar-refractivity contribution is 5.98. The Morgan fingerprint density at radius 1 is 1.12 bits per heavy atom. The van der Waals surface area contributed by atoms with Crippen molar-refractivity contribution in [2.45, 2.75) is 18.9 Å². The van der Waals surface area contributed by atoms with Crippen LogP contribution in [0.25, 0.3) is 11.1 Å². The summed E-state index contributed by atoms with van der Waals surface area (Å²) in [5.74, 6) is -0.270. The van der Waals surface area contributed by atoms with Gasteiger partial charge in [-0.1, -0.05) is 42.5 Å². The zero-order valence-corrected chi connectivity index (χ0v) is 18.8. The maximum Gasteiger partial charge on any atom is 0.257 e. The van der Waals surface area contributed by atoms with Gasteiger partial charge in [-0.15, -0.1) is 0 Å². The van der Waals surface area contributed by atoms with Crippen LogP contribution in [-0.4, -0.2) is 54.1 Å². The first-order chi connectivity index (χ1) is 15.9. The number of para-hydroxylation sites is 1. The number of primary amides is 1. The molecule has 0 spiro atoms. The van der Waals surface area contributed by atoms with E-state index in [9.17, 15) is 9.59 Å². The number of hydrogen-bond donors (Lipinski definition) is 1. The van der Waals surface area contributed by atoms with Crippen LogP contribution in [0.5, 0.6) is 5.75 Å². The van der Waals surface area contributed by atoms with E-state index >= 15 is 0 Å². The monoisotopic (exact) mass is 445 g/mol. The van der Waals surface area contributed by atoms with Gasteiger partial charge in [0.25, 0.3) is 11.8 Å². The third-order valence-corrected chi connectivity index (χ3v) is 6.01. The number of amides is 2. The molecule has 33 heavy (non-hydrogen) atoms. The number of ether oxygens (including phenoxy) is 2. The number of nitrogens with zero attached hydrogens (tertiary/aromatic N) is 2. The van der Waals surface area contributed by atoms with Gasteiger partial charge in [-0.05, 0) is 41.3 Å². The normalized spacial score (nSPS) is 18.1. The highest BCUT2D eigenvalue weighted by Crippen LogP contribution is 2.29. The van der Waals surface area contributed by atoms with E-state index < -0.39 is 11.5 Å². The number of carbonyl (C=O) groups is 2. The smallest absolute Gasteiger partial charge is 0.257 e. The topological polar surface area (TPSA) is 94.8 Å². The molecule has 2 N–H and O–H groups in total. The molecule has 2 heterocycles. The minimum Gasteiger partial charge on any atom is -0.496 e. The Bertz CT molecular complexity index is 1150. The molecule has 2 aromatic carbocycles. The summed E-state index contributed by atoms with van der Waals surface area (Å²) in [5, 5.41) is 0. The predicted octanol–water partition coefficient (Wildman–Crippen LogP) is 3.00. The van der Waals surface area contributed by atoms with Crippen molar-refractivity contribution in [3.63, 3.8) is 0 Å². The van der Waals surface area contributed by atoms with Gasteiger partial charge in [0.05, 0.1) is 25.8 Å². The van der Waals surface area contributed by atoms with Crippen LogP contribution in [0.4, 0.5) is 0 Å². The van der Waals surface area contributed by atoms with Crippen molar-refractivity contribution >= 4 is 11.8 Å². The van der Waals surface area contributed by atoms with Gasteiger partial charge in [0, 0.05) is 25.4 Å². The van der Waals surface area contributed by atoms with E-state index in [2.05, 4.69) is 4.98 Å². The van der Waals surface area contributed by atoms with Crippen molar-refractivity contribution < 1.29 is 19.1 Å². The number of rotatable bonds is 6. The second-order valence-corrected chi connectivity index (χ2v) is 8.20. The lowest BCUT2D eigenvalue weighted by Crippen LogP contribution is -2.61. The molecule has 7 nitrogen and oxygen atoms in total. The van der Waals surface area contributed by atoms with Crippen LogP contribution in [0.15, 0.2) is 67.0 Å². The van der Waals surface area contributed by atoms with Crippen molar-refractivity contribution in [2.24, 2.45) is 5.73 Å². The molecule has 3 aromatic rings. The van der Waals surface area contributed by atoms with Gasteiger partial charge in [0.2, 0.25) is 0 Å². The number of methoxy groups -OCH3 is 1. The maximum atomic E-state index is 13.3. The van der Waals surface area contributed by atoms with Gasteiger partial charge in [0.1, 0.15) is 5.75 Å². The molecule has 1 fully saturated rings. The summed E-state index contributed by atoms with van der Waals surface area (Å²) in [6.07, 6.45) is 3.80. The molecule has 1 aliphatic rings. The van der Waals surface area contributed by atoms with Gasteiger partial charge in [-0.2, -0.15) is 0 Å². The maximum absolute atomic E-state index is 13.3. The van der Waals surface area contributed by atoms with Gasteiger partial charge in [0.15, 0.2) is 5.60 Å². The van der Waals surface area contributed by atoms with E-state index in [1.54, 1.807) is 30.5 Å². The summed E-state index contributed by atoms with van der Waals surface area (Å²) in [6.45, 7) is 2.54. The molecule has 0 saturated carbocycles. The molecule has 170 valence electrons. The Morgan fingerprint density at radius 3 is 2.58 bits per heavy atom. The van der Waals surface area contributed by atoms with Crippen LogP contribution >= 0.6 is 0 Å². The third kappa shape index (κ3) is 4.59. The summed E-state index contributed by atoms with van der Waals surface area (Å²) in [6, 6.07) is 17.1. The van der Waals surface area contributed by atoms with Crippen molar-refractivity contribution in [2.75, 3.05) is 26.8 Å². The molecule has 0 bridgehead atoms. The summed E-state index contributed by atoms with van der Waals surface area (Å²) >= 11 is 0. The molecule has 4 rings (SSSR count). The van der Waals surface area contributed by atoms with E-state index in [-0.39, 0.29) is 25.5 Å². The Labute approximate surface area is 193 Å². The second kappa shape index (κ2) is 9.42. The minimum absolute atomic E-state index is 0.0720. The van der Waals surface area contributed by atoms with Crippen LogP contribution in [0.1, 0.15) is 21.5 Å². The number of nitrogens with two attached hydrogens (primary N) is 1. The minimum atomic E-state index is -1.30. The molecule has 1 aromatic heterocycles. The number of carbonyl (C=O) groups excluding carboxylic acids is 2. The molecule has 1 aliphatic heterocycles. The largest absolute Gasteiger partial charge is 0.496 e. The van der Waals surface area contributed by atoms with Crippen molar-refractivity contribution in [3.8, 4) is 16.9 Å². The van der Waals surface area contributed by atoms with E-state index in [1.807, 2.05) is 55.5 Å². The van der Waals surface area contributed by atoms with Crippen LogP contribution < -0.4 is 10.5 Å². The van der Waals surface area contributed by atoms with Crippen molar-refractivity contribution in [3.05, 3.63) is 83.7 Å². The summed E-state index contributed by atoms with van der Waals surface area (Å²) in [5.41, 5.74) is 8.76. The highest BCUT2D eigenvalue weighted by atomic mass is 16.5. The second-order valence-electron chi connectivity index (χ2n) is 8.20. The van der Waals surface area contributed by atoms with Gasteiger partial charge < -0.3 is 20.1 Å². The lowest BCUT2D eigenvalue weighted by Gasteiger charge is -2.41. The summed E-state index contributed by atoms with van der Waals surface area (Å²) in [4.78, 5) is 31.7. The van der Waals surface area contributed by atoms with Crippen LogP contribution in [0.2, 0.25) is 0 Å². The molecular formula is C26H27N3O4. The number of morpholine rings is 1. The lowest BCUT2D eigenvalue weighted by molar-refractivity contribution is -0.153. The fourth-order valence-electron chi connectivity index (χ4n) is 4.24. The lowest BCUT2D eigenvalue weighted by atomic mass is 9.90. The zero-order valence-electron chi connectivity index (χ0n) is 18.8. The van der Waals surface area contributed by atoms with E-state index in [1.165, 1.54) is 0 Å². The molecule has 1 saturated heterocycles. The zero-order chi connectivity index (χ0) is 23.4. The van der Waals surface area contributed by atoms with E-state index in [0.29, 0.717) is 17.9 Å². The number of benzene rings is 2. The number of aryl methyl sites for hydroxylation is 1. The standard InChI is InChI=1S/C26H27N3O4/c1-18-5-3-7-22(23(18)32-2)24(30)29-13-14-33-26(17-29,25(27)31)15-19-8-10-20(11-9-19)21-6-4-12-28-16-21/h3-12,16H,13-15,17H2,1-2H3,(H2,27,31)/t26-/m0/s1. The quantitative estimate of drug-likeness (QED) is 0.629. The Hall–Kier alpha value is -3.71. The SMILES string of the molecule is COc1c(C)cccc1C(=O)N1CCO[C@](Cc2ccc(-c3cccnc3)cc2)(C(N)=O)C1. The van der Waals surface area contributed by atoms with Crippen molar-refractivity contribution in [1.82, 2.24) is 9.88 Å². The first-order valence-corrected chi connectivity index (χ1v) is 10.8. The molecule has 0 unspecified atom stereocenters. The van der Waals surface area contributed by atoms with Crippen LogP contribution in [0.3, 0.4) is 0 Å². The molecule has 1 atom stereocenters. The van der Waals surface area contributed by atoms with Gasteiger partial charge >= 0.3 is 0 Å². The number of aromatic nitrogens is 1. The molecule has 0 aliphatic carbocycles. The number of hydrogen-bond acceptors (Lipinski definition) is 5. The fraction of sp³-hybridized carbons (Fsp3) is 0.269. The predicted molar refractivity (Wildman–Crippen MR) is 125 cm³/mol. The fourth-order valence-corrected chi connectivity index (χ4v) is 4.24. The van der Waals surface area contributed by atoms with Gasteiger partial charge in [-0.3, -0.25) is 14.6 Å². The van der Waals surface area contributed by atoms with E-state index in [0.717, 1.165) is 22.3 Å². The van der Waals surface area contributed by atoms with Crippen LogP contribution in [0, 0.1) is 6.92 Å². The first-order valence-electron chi connectivity index (χ1n) is 10.8. The highest BCUT2D eigenvalue weighted by Gasteiger charge is 2.44. The molecule has 2 amide bonds. The Kier molecular flexibility index (Phi) is 6.42. The average Bonchev–Trinajstić information content (AvgIpc) is 2.84. The molecule has 0 radical (unpaired) electrons. The first kappa shape index (κ1) is 22.5. The van der Waals surface area contributed by atoms with E-state index in [4.69, 9.17) is 15.2 Å². The Balaban J connectivity index is 1.57. The molecular weight excluding hydrogens is 418 g/mol. The summed E-state index contributed by atoms with van der Waals surface area (Å²) in [7, 11) is 1.54. The summed E-state index contributed by atoms with van der Waals surface area (Å²) < 4.78 is 11.4. The van der Waals surface area contributed by atoms with Crippen molar-refractivity contribution in [1.29, 1.82) is 0 Å². The van der Waals surface area contributed by atoms with Crippen LogP contribution in [-0.2, 0) is 16.0 Å². The third-order valence-electron chi connectivity index (χ3n) is 6.01. The number of pyridine rings is 1. The molecule has 7 heteroatoms. The average molecular weight is 446 g/mol.